The first-order chi connectivity index (χ1) is 9.02. The van der Waals surface area contributed by atoms with Crippen LogP contribution in [0.2, 0.25) is 0 Å². The predicted molar refractivity (Wildman–Crippen MR) is 75.5 cm³/mol. The van der Waals surface area contributed by atoms with E-state index in [4.69, 9.17) is 5.73 Å². The summed E-state index contributed by atoms with van der Waals surface area (Å²) in [5.41, 5.74) is 5.84. The lowest BCUT2D eigenvalue weighted by molar-refractivity contribution is -0.129. The Bertz CT molecular complexity index is 299. The Morgan fingerprint density at radius 3 is 2.47 bits per heavy atom. The second-order valence-corrected chi connectivity index (χ2v) is 5.57. The Morgan fingerprint density at radius 2 is 1.89 bits per heavy atom. The fraction of sp³-hybridized carbons (Fsp3) is 0.857. The molecule has 110 valence electrons. The van der Waals surface area contributed by atoms with Crippen molar-refractivity contribution in [3.63, 3.8) is 0 Å². The van der Waals surface area contributed by atoms with Gasteiger partial charge >= 0.3 is 0 Å². The van der Waals surface area contributed by atoms with Crippen LogP contribution in [0.15, 0.2) is 0 Å². The van der Waals surface area contributed by atoms with E-state index in [1.54, 1.807) is 6.92 Å². The lowest BCUT2D eigenvalue weighted by Gasteiger charge is -2.26. The highest BCUT2D eigenvalue weighted by Gasteiger charge is 2.22. The summed E-state index contributed by atoms with van der Waals surface area (Å²) in [6, 6.07) is -0.150. The summed E-state index contributed by atoms with van der Waals surface area (Å²) in [6.45, 7) is 4.37. The predicted octanol–water partition coefficient (Wildman–Crippen LogP) is 0.925. The summed E-state index contributed by atoms with van der Waals surface area (Å²) in [7, 11) is 0. The molecule has 5 nitrogen and oxygen atoms in total. The minimum Gasteiger partial charge on any atom is -0.354 e. The van der Waals surface area contributed by atoms with Crippen molar-refractivity contribution in [2.45, 2.75) is 64.5 Å². The third kappa shape index (κ3) is 6.05. The Labute approximate surface area is 115 Å². The van der Waals surface area contributed by atoms with Crippen LogP contribution >= 0.6 is 0 Å². The molecule has 0 radical (unpaired) electrons. The van der Waals surface area contributed by atoms with E-state index in [0.29, 0.717) is 24.9 Å². The number of hydrogen-bond acceptors (Lipinski definition) is 3. The molecule has 1 aliphatic carbocycles. The third-order valence-electron chi connectivity index (χ3n) is 3.69. The zero-order valence-corrected chi connectivity index (χ0v) is 12.1. The summed E-state index contributed by atoms with van der Waals surface area (Å²) in [4.78, 5) is 23.5. The second-order valence-electron chi connectivity index (χ2n) is 5.57. The maximum atomic E-state index is 11.9. The zero-order valence-electron chi connectivity index (χ0n) is 12.1. The highest BCUT2D eigenvalue weighted by Crippen LogP contribution is 2.25. The van der Waals surface area contributed by atoms with E-state index in [2.05, 4.69) is 10.6 Å². The van der Waals surface area contributed by atoms with E-state index in [1.165, 1.54) is 0 Å². The third-order valence-corrected chi connectivity index (χ3v) is 3.69. The summed E-state index contributed by atoms with van der Waals surface area (Å²) in [5, 5.41) is 5.54. The van der Waals surface area contributed by atoms with Crippen LogP contribution in [0.1, 0.15) is 52.4 Å². The fourth-order valence-corrected chi connectivity index (χ4v) is 2.42. The monoisotopic (exact) mass is 269 g/mol. The van der Waals surface area contributed by atoms with Crippen LogP contribution in [0.4, 0.5) is 0 Å². The van der Waals surface area contributed by atoms with Gasteiger partial charge < -0.3 is 16.4 Å². The highest BCUT2D eigenvalue weighted by molar-refractivity contribution is 5.87. The van der Waals surface area contributed by atoms with Gasteiger partial charge in [-0.15, -0.1) is 0 Å². The maximum absolute atomic E-state index is 11.9. The molecule has 1 atom stereocenters. The number of hydrogen-bond donors (Lipinski definition) is 3. The van der Waals surface area contributed by atoms with Crippen LogP contribution in [0.25, 0.3) is 0 Å². The lowest BCUT2D eigenvalue weighted by Crippen LogP contribution is -2.45. The van der Waals surface area contributed by atoms with Crippen LogP contribution in [-0.2, 0) is 9.59 Å². The molecular formula is C14H27N3O2. The average Bonchev–Trinajstić information content (AvgIpc) is 2.38. The molecule has 1 unspecified atom stereocenters. The van der Waals surface area contributed by atoms with Gasteiger partial charge in [0.25, 0.3) is 0 Å². The van der Waals surface area contributed by atoms with Crippen molar-refractivity contribution in [2.75, 3.05) is 6.54 Å². The van der Waals surface area contributed by atoms with Crippen molar-refractivity contribution < 1.29 is 9.59 Å². The SMILES string of the molecule is CCCNC(=O)C(C)NC(=O)CC1CCC(N)CC1. The average molecular weight is 269 g/mol. The van der Waals surface area contributed by atoms with Crippen molar-refractivity contribution in [3.8, 4) is 0 Å². The van der Waals surface area contributed by atoms with E-state index in [0.717, 1.165) is 32.1 Å². The first kappa shape index (κ1) is 16.0. The normalized spacial score (nSPS) is 24.6. The van der Waals surface area contributed by atoms with Crippen LogP contribution in [0.5, 0.6) is 0 Å². The first-order valence-electron chi connectivity index (χ1n) is 7.35. The zero-order chi connectivity index (χ0) is 14.3. The molecule has 4 N–H and O–H groups in total. The van der Waals surface area contributed by atoms with Crippen LogP contribution in [0.3, 0.4) is 0 Å². The summed E-state index contributed by atoms with van der Waals surface area (Å²) in [6.07, 6.45) is 5.46. The van der Waals surface area contributed by atoms with Gasteiger partial charge in [0.2, 0.25) is 11.8 Å². The first-order valence-corrected chi connectivity index (χ1v) is 7.35. The molecule has 1 rings (SSSR count). The molecule has 1 fully saturated rings. The molecule has 1 saturated carbocycles. The number of carbonyl (C=O) groups is 2. The highest BCUT2D eigenvalue weighted by atomic mass is 16.2. The molecular weight excluding hydrogens is 242 g/mol. The van der Waals surface area contributed by atoms with E-state index < -0.39 is 6.04 Å². The smallest absolute Gasteiger partial charge is 0.242 e. The summed E-state index contributed by atoms with van der Waals surface area (Å²) in [5.74, 6) is 0.284. The van der Waals surface area contributed by atoms with Crippen molar-refractivity contribution in [2.24, 2.45) is 11.7 Å². The molecule has 5 heteroatoms. The summed E-state index contributed by atoms with van der Waals surface area (Å²) < 4.78 is 0. The second kappa shape index (κ2) is 8.15. The fourth-order valence-electron chi connectivity index (χ4n) is 2.42. The van der Waals surface area contributed by atoms with Crippen LogP contribution in [0, 0.1) is 5.92 Å². The number of nitrogens with one attached hydrogen (secondary N) is 2. The quantitative estimate of drug-likeness (QED) is 0.670. The molecule has 0 aliphatic heterocycles. The molecule has 0 bridgehead atoms. The van der Waals surface area contributed by atoms with E-state index in [1.807, 2.05) is 6.92 Å². The topological polar surface area (TPSA) is 84.2 Å². The van der Waals surface area contributed by atoms with Gasteiger partial charge in [0, 0.05) is 19.0 Å². The Kier molecular flexibility index (Phi) is 6.84. The minimum atomic E-state index is -0.454. The molecule has 1 aliphatic rings. The molecule has 0 aromatic carbocycles. The lowest BCUT2D eigenvalue weighted by atomic mass is 9.84. The Balaban J connectivity index is 2.24. The van der Waals surface area contributed by atoms with Gasteiger partial charge in [-0.25, -0.2) is 0 Å². The Morgan fingerprint density at radius 1 is 1.26 bits per heavy atom. The number of carbonyl (C=O) groups excluding carboxylic acids is 2. The van der Waals surface area contributed by atoms with Crippen molar-refractivity contribution in [3.05, 3.63) is 0 Å². The van der Waals surface area contributed by atoms with E-state index >= 15 is 0 Å². The molecule has 0 aromatic heterocycles. The van der Waals surface area contributed by atoms with Crippen LogP contribution < -0.4 is 16.4 Å². The Hall–Kier alpha value is -1.10. The molecule has 2 amide bonds. The van der Waals surface area contributed by atoms with Gasteiger partial charge in [0.05, 0.1) is 0 Å². The summed E-state index contributed by atoms with van der Waals surface area (Å²) >= 11 is 0. The largest absolute Gasteiger partial charge is 0.354 e. The standard InChI is InChI=1S/C14H27N3O2/c1-3-8-16-14(19)10(2)17-13(18)9-11-4-6-12(15)7-5-11/h10-12H,3-9,15H2,1-2H3,(H,16,19)(H,17,18). The molecule has 0 heterocycles. The van der Waals surface area contributed by atoms with Gasteiger partial charge in [-0.05, 0) is 44.9 Å². The van der Waals surface area contributed by atoms with Crippen molar-refractivity contribution >= 4 is 11.8 Å². The van der Waals surface area contributed by atoms with Gasteiger partial charge in [0.1, 0.15) is 6.04 Å². The minimum absolute atomic E-state index is 0.0281. The molecule has 0 aromatic rings. The molecule has 19 heavy (non-hydrogen) atoms. The van der Waals surface area contributed by atoms with Gasteiger partial charge in [0.15, 0.2) is 0 Å². The number of rotatable bonds is 6. The van der Waals surface area contributed by atoms with Crippen LogP contribution in [-0.4, -0.2) is 30.4 Å². The molecule has 0 saturated heterocycles. The maximum Gasteiger partial charge on any atom is 0.242 e. The van der Waals surface area contributed by atoms with Crippen molar-refractivity contribution in [1.29, 1.82) is 0 Å². The van der Waals surface area contributed by atoms with Gasteiger partial charge in [-0.3, -0.25) is 9.59 Å². The number of nitrogens with two attached hydrogens (primary N) is 1. The van der Waals surface area contributed by atoms with Gasteiger partial charge in [-0.2, -0.15) is 0 Å². The number of amides is 2. The van der Waals surface area contributed by atoms with Crippen molar-refractivity contribution in [1.82, 2.24) is 10.6 Å². The van der Waals surface area contributed by atoms with Gasteiger partial charge in [-0.1, -0.05) is 6.92 Å². The molecule has 0 spiro atoms. The van der Waals surface area contributed by atoms with E-state index in [-0.39, 0.29) is 11.8 Å². The van der Waals surface area contributed by atoms with E-state index in [9.17, 15) is 9.59 Å².